The van der Waals surface area contributed by atoms with Gasteiger partial charge in [-0.1, -0.05) is 30.3 Å². The number of rotatable bonds is 5. The molecule has 0 aliphatic carbocycles. The number of thioether (sulfide) groups is 1. The van der Waals surface area contributed by atoms with Gasteiger partial charge < -0.3 is 15.2 Å². The van der Waals surface area contributed by atoms with E-state index in [4.69, 9.17) is 9.84 Å². The minimum Gasteiger partial charge on any atom is -0.479 e. The molecule has 6 nitrogen and oxygen atoms in total. The zero-order chi connectivity index (χ0) is 19.4. The molecular formula is C20H18N2O4S. The van der Waals surface area contributed by atoms with Crippen LogP contribution in [0.15, 0.2) is 58.4 Å². The van der Waals surface area contributed by atoms with Crippen LogP contribution in [0.3, 0.4) is 0 Å². The summed E-state index contributed by atoms with van der Waals surface area (Å²) in [6.07, 6.45) is 0.677. The summed E-state index contributed by atoms with van der Waals surface area (Å²) in [5.41, 5.74) is 2.47. The molecule has 1 atom stereocenters. The molecule has 0 spiro atoms. The Morgan fingerprint density at radius 2 is 2.04 bits per heavy atom. The lowest BCUT2D eigenvalue weighted by molar-refractivity contribution is -0.144. The number of carbonyl (C=O) groups excluding carboxylic acids is 1. The maximum Gasteiger partial charge on any atom is 0.344 e. The largest absolute Gasteiger partial charge is 0.479 e. The van der Waals surface area contributed by atoms with E-state index >= 15 is 0 Å². The average Bonchev–Trinajstić information content (AvgIpc) is 2.95. The van der Waals surface area contributed by atoms with Crippen LogP contribution in [-0.2, 0) is 9.59 Å². The molecular weight excluding hydrogens is 364 g/mol. The topological polar surface area (TPSA) is 88.0 Å². The lowest BCUT2D eigenvalue weighted by atomic mass is 10.2. The van der Waals surface area contributed by atoms with Gasteiger partial charge >= 0.3 is 5.97 Å². The van der Waals surface area contributed by atoms with Crippen LogP contribution in [0.4, 0.5) is 5.69 Å². The summed E-state index contributed by atoms with van der Waals surface area (Å²) in [5.74, 6) is -0.914. The maximum atomic E-state index is 12.3. The Balaban J connectivity index is 1.84. The van der Waals surface area contributed by atoms with E-state index in [2.05, 4.69) is 10.3 Å². The van der Waals surface area contributed by atoms with Crippen LogP contribution in [-0.4, -0.2) is 28.3 Å². The Kier molecular flexibility index (Phi) is 5.61. The van der Waals surface area contributed by atoms with Crippen LogP contribution >= 0.6 is 11.8 Å². The summed E-state index contributed by atoms with van der Waals surface area (Å²) in [7, 11) is 0. The van der Waals surface area contributed by atoms with E-state index in [0.717, 1.165) is 11.3 Å². The van der Waals surface area contributed by atoms with E-state index in [1.54, 1.807) is 30.3 Å². The number of para-hydroxylation sites is 1. The Hall–Kier alpha value is -3.06. The zero-order valence-electron chi connectivity index (χ0n) is 14.8. The molecule has 1 amide bonds. The molecule has 0 radical (unpaired) electrons. The first-order chi connectivity index (χ1) is 12.9. The van der Waals surface area contributed by atoms with E-state index in [-0.39, 0.29) is 5.91 Å². The summed E-state index contributed by atoms with van der Waals surface area (Å²) in [4.78, 5) is 28.2. The highest BCUT2D eigenvalue weighted by Crippen LogP contribution is 2.31. The summed E-state index contributed by atoms with van der Waals surface area (Å²) < 4.78 is 5.47. The molecule has 1 aliphatic rings. The molecule has 1 saturated heterocycles. The smallest absolute Gasteiger partial charge is 0.344 e. The van der Waals surface area contributed by atoms with Gasteiger partial charge in [0.1, 0.15) is 5.75 Å². The van der Waals surface area contributed by atoms with Crippen molar-refractivity contribution in [2.75, 3.05) is 0 Å². The molecule has 1 fully saturated rings. The van der Waals surface area contributed by atoms with E-state index in [1.807, 2.05) is 31.2 Å². The van der Waals surface area contributed by atoms with Gasteiger partial charge in [0.25, 0.3) is 5.91 Å². The minimum absolute atomic E-state index is 0.257. The van der Waals surface area contributed by atoms with Gasteiger partial charge in [0.05, 0.1) is 10.6 Å². The first kappa shape index (κ1) is 18.7. The van der Waals surface area contributed by atoms with Crippen molar-refractivity contribution in [3.63, 3.8) is 0 Å². The zero-order valence-corrected chi connectivity index (χ0v) is 15.6. The molecule has 3 rings (SSSR count). The van der Waals surface area contributed by atoms with Crippen LogP contribution in [0.2, 0.25) is 0 Å². The van der Waals surface area contributed by atoms with Crippen LogP contribution < -0.4 is 10.1 Å². The fourth-order valence-corrected chi connectivity index (χ4v) is 3.22. The standard InChI is InChI=1S/C20H18N2O4S/c1-12-6-5-8-15(10-12)21-20-22-18(23)17(27-20)11-14-7-3-4-9-16(14)26-13(2)19(24)25/h3-11,13H,1-2H3,(H,24,25)(H,21,22,23)/b17-11+. The van der Waals surface area contributed by atoms with Crippen molar-refractivity contribution in [3.8, 4) is 5.75 Å². The molecule has 1 unspecified atom stereocenters. The number of carboxylic acid groups (broad SMARTS) is 1. The highest BCUT2D eigenvalue weighted by molar-refractivity contribution is 8.18. The molecule has 138 valence electrons. The van der Waals surface area contributed by atoms with Crippen molar-refractivity contribution in [1.82, 2.24) is 5.32 Å². The second-order valence-corrected chi connectivity index (χ2v) is 6.99. The lowest BCUT2D eigenvalue weighted by Crippen LogP contribution is -2.23. The monoisotopic (exact) mass is 382 g/mol. The SMILES string of the molecule is Cc1cccc(N=C2NC(=O)/C(=C\c3ccccc3OC(C)C(=O)O)S2)c1. The summed E-state index contributed by atoms with van der Waals surface area (Å²) in [5, 5.41) is 12.3. The normalized spacial score (nSPS) is 17.8. The average molecular weight is 382 g/mol. The third kappa shape index (κ3) is 4.77. The number of nitrogens with one attached hydrogen (secondary N) is 1. The van der Waals surface area contributed by atoms with Gasteiger partial charge in [0.2, 0.25) is 0 Å². The first-order valence-corrected chi connectivity index (χ1v) is 9.09. The number of amidine groups is 1. The van der Waals surface area contributed by atoms with Gasteiger partial charge in [-0.05, 0) is 55.4 Å². The number of amides is 1. The first-order valence-electron chi connectivity index (χ1n) is 8.27. The van der Waals surface area contributed by atoms with Gasteiger partial charge in [-0.25, -0.2) is 9.79 Å². The number of ether oxygens (including phenoxy) is 1. The second kappa shape index (κ2) is 8.09. The number of aryl methyl sites for hydroxylation is 1. The van der Waals surface area contributed by atoms with Crippen LogP contribution in [0.25, 0.3) is 6.08 Å². The molecule has 0 aromatic heterocycles. The van der Waals surface area contributed by atoms with E-state index in [0.29, 0.717) is 21.4 Å². The van der Waals surface area contributed by atoms with Crippen LogP contribution in [0.1, 0.15) is 18.1 Å². The quantitative estimate of drug-likeness (QED) is 0.769. The van der Waals surface area contributed by atoms with Crippen molar-refractivity contribution in [2.24, 2.45) is 4.99 Å². The molecule has 2 aromatic carbocycles. The maximum absolute atomic E-state index is 12.3. The predicted octanol–water partition coefficient (Wildman–Crippen LogP) is 3.74. The third-order valence-electron chi connectivity index (χ3n) is 3.74. The summed E-state index contributed by atoms with van der Waals surface area (Å²) in [6.45, 7) is 3.43. The highest BCUT2D eigenvalue weighted by Gasteiger charge is 2.24. The fourth-order valence-electron chi connectivity index (χ4n) is 2.38. The lowest BCUT2D eigenvalue weighted by Gasteiger charge is -2.12. The molecule has 7 heteroatoms. The Morgan fingerprint density at radius 1 is 1.26 bits per heavy atom. The van der Waals surface area contributed by atoms with E-state index in [9.17, 15) is 9.59 Å². The fraction of sp³-hybridized carbons (Fsp3) is 0.150. The number of hydrogen-bond acceptors (Lipinski definition) is 5. The van der Waals surface area contributed by atoms with Crippen molar-refractivity contribution in [3.05, 3.63) is 64.6 Å². The van der Waals surface area contributed by atoms with Gasteiger partial charge in [-0.2, -0.15) is 0 Å². The number of benzene rings is 2. The Labute approximate surface area is 161 Å². The van der Waals surface area contributed by atoms with Gasteiger partial charge in [0, 0.05) is 5.56 Å². The van der Waals surface area contributed by atoms with Crippen LogP contribution in [0.5, 0.6) is 5.75 Å². The number of carboxylic acids is 1. The van der Waals surface area contributed by atoms with Gasteiger partial charge in [-0.15, -0.1) is 0 Å². The highest BCUT2D eigenvalue weighted by atomic mass is 32.2. The number of aliphatic carboxylic acids is 1. The van der Waals surface area contributed by atoms with Crippen molar-refractivity contribution in [2.45, 2.75) is 20.0 Å². The van der Waals surface area contributed by atoms with E-state index < -0.39 is 12.1 Å². The Morgan fingerprint density at radius 3 is 2.78 bits per heavy atom. The molecule has 2 N–H and O–H groups in total. The molecule has 27 heavy (non-hydrogen) atoms. The van der Waals surface area contributed by atoms with Gasteiger partial charge in [-0.3, -0.25) is 4.79 Å². The minimum atomic E-state index is -1.06. The third-order valence-corrected chi connectivity index (χ3v) is 4.65. The van der Waals surface area contributed by atoms with Gasteiger partial charge in [0.15, 0.2) is 11.3 Å². The molecule has 0 saturated carbocycles. The predicted molar refractivity (Wildman–Crippen MR) is 106 cm³/mol. The van der Waals surface area contributed by atoms with Crippen molar-refractivity contribution in [1.29, 1.82) is 0 Å². The van der Waals surface area contributed by atoms with Crippen LogP contribution in [0, 0.1) is 6.92 Å². The number of nitrogens with zero attached hydrogens (tertiary/aromatic N) is 1. The number of carbonyl (C=O) groups is 2. The van der Waals surface area contributed by atoms with E-state index in [1.165, 1.54) is 18.7 Å². The second-order valence-electron chi connectivity index (χ2n) is 5.96. The molecule has 1 heterocycles. The van der Waals surface area contributed by atoms with Crippen molar-refractivity contribution >= 4 is 40.6 Å². The van der Waals surface area contributed by atoms with Crippen molar-refractivity contribution < 1.29 is 19.4 Å². The molecule has 2 aromatic rings. The number of hydrogen-bond donors (Lipinski definition) is 2. The Bertz CT molecular complexity index is 953. The summed E-state index contributed by atoms with van der Waals surface area (Å²) in [6, 6.07) is 14.7. The number of aliphatic imine (C=N–C) groups is 1. The molecule has 1 aliphatic heterocycles. The molecule has 0 bridgehead atoms. The summed E-state index contributed by atoms with van der Waals surface area (Å²) >= 11 is 1.23.